The Morgan fingerprint density at radius 1 is 0.642 bits per heavy atom. The van der Waals surface area contributed by atoms with Gasteiger partial charge in [-0.15, -0.1) is 0 Å². The number of ether oxygens (including phenoxy) is 2. The van der Waals surface area contributed by atoms with Crippen LogP contribution in [-0.4, -0.2) is 87.5 Å². The summed E-state index contributed by atoms with van der Waals surface area (Å²) in [5, 5.41) is 53.9. The fourth-order valence-electron chi connectivity index (χ4n) is 6.12. The number of amides is 1. The number of unbranched alkanes of at least 4 members (excludes halogenated alkanes) is 16. The zero-order chi connectivity index (χ0) is 38.8. The van der Waals surface area contributed by atoms with Gasteiger partial charge in [-0.25, -0.2) is 0 Å². The van der Waals surface area contributed by atoms with E-state index >= 15 is 0 Å². The van der Waals surface area contributed by atoms with Crippen molar-refractivity contribution in [3.63, 3.8) is 0 Å². The van der Waals surface area contributed by atoms with E-state index in [1.54, 1.807) is 6.08 Å². The molecule has 1 rings (SSSR count). The van der Waals surface area contributed by atoms with Crippen molar-refractivity contribution < 1.29 is 39.8 Å². The summed E-state index contributed by atoms with van der Waals surface area (Å²) < 4.78 is 11.1. The highest BCUT2D eigenvalue weighted by Gasteiger charge is 2.44. The van der Waals surface area contributed by atoms with Crippen LogP contribution in [0.4, 0.5) is 0 Å². The van der Waals surface area contributed by atoms with Crippen LogP contribution in [0.15, 0.2) is 60.8 Å². The van der Waals surface area contributed by atoms with Gasteiger partial charge in [0.1, 0.15) is 24.4 Å². The van der Waals surface area contributed by atoms with Gasteiger partial charge in [0.05, 0.1) is 25.4 Å². The van der Waals surface area contributed by atoms with E-state index in [-0.39, 0.29) is 12.5 Å². The number of carbonyl (C=O) groups excluding carboxylic acids is 1. The first-order chi connectivity index (χ1) is 25.8. The van der Waals surface area contributed by atoms with Crippen LogP contribution in [0.3, 0.4) is 0 Å². The van der Waals surface area contributed by atoms with Gasteiger partial charge in [0.2, 0.25) is 5.91 Å². The topological polar surface area (TPSA) is 149 Å². The first-order valence-corrected chi connectivity index (χ1v) is 21.0. The van der Waals surface area contributed by atoms with E-state index in [4.69, 9.17) is 9.47 Å². The molecule has 1 fully saturated rings. The maximum Gasteiger partial charge on any atom is 0.220 e. The molecular weight excluding hydrogens is 670 g/mol. The number of aliphatic hydroxyl groups is 5. The zero-order valence-corrected chi connectivity index (χ0v) is 33.2. The van der Waals surface area contributed by atoms with Crippen LogP contribution in [0.5, 0.6) is 0 Å². The fourth-order valence-corrected chi connectivity index (χ4v) is 6.12. The number of allylic oxidation sites excluding steroid dienone is 9. The van der Waals surface area contributed by atoms with Crippen molar-refractivity contribution in [1.29, 1.82) is 0 Å². The van der Waals surface area contributed by atoms with Crippen LogP contribution in [0.1, 0.15) is 155 Å². The van der Waals surface area contributed by atoms with Gasteiger partial charge in [-0.1, -0.05) is 145 Å². The van der Waals surface area contributed by atoms with Gasteiger partial charge < -0.3 is 40.3 Å². The monoisotopic (exact) mass is 748 g/mol. The van der Waals surface area contributed by atoms with Gasteiger partial charge in [-0.2, -0.15) is 0 Å². The second kappa shape index (κ2) is 34.4. The number of aliphatic hydroxyl groups excluding tert-OH is 5. The number of hydrogen-bond donors (Lipinski definition) is 6. The number of carbonyl (C=O) groups is 1. The Bertz CT molecular complexity index is 1010. The quantitative estimate of drug-likeness (QED) is 0.0225. The van der Waals surface area contributed by atoms with Crippen molar-refractivity contribution in [2.45, 2.75) is 198 Å². The van der Waals surface area contributed by atoms with Gasteiger partial charge in [0.15, 0.2) is 6.29 Å². The molecule has 9 nitrogen and oxygen atoms in total. The molecule has 306 valence electrons. The third-order valence-electron chi connectivity index (χ3n) is 9.55. The van der Waals surface area contributed by atoms with Crippen molar-refractivity contribution in [3.8, 4) is 0 Å². The van der Waals surface area contributed by atoms with E-state index in [2.05, 4.69) is 67.8 Å². The number of nitrogens with one attached hydrogen (secondary N) is 1. The van der Waals surface area contributed by atoms with Crippen molar-refractivity contribution in [2.24, 2.45) is 0 Å². The summed E-state index contributed by atoms with van der Waals surface area (Å²) in [6.45, 7) is 3.62. The number of hydrogen-bond acceptors (Lipinski definition) is 8. The molecule has 0 bridgehead atoms. The largest absolute Gasteiger partial charge is 0.394 e. The third kappa shape index (κ3) is 25.6. The predicted octanol–water partition coefficient (Wildman–Crippen LogP) is 8.05. The Morgan fingerprint density at radius 3 is 1.74 bits per heavy atom. The minimum absolute atomic E-state index is 0.200. The van der Waals surface area contributed by atoms with E-state index in [9.17, 15) is 30.3 Å². The van der Waals surface area contributed by atoms with Crippen molar-refractivity contribution in [1.82, 2.24) is 5.32 Å². The highest BCUT2D eigenvalue weighted by atomic mass is 16.7. The molecule has 0 saturated carbocycles. The van der Waals surface area contributed by atoms with Crippen molar-refractivity contribution >= 4 is 5.91 Å². The minimum Gasteiger partial charge on any atom is -0.394 e. The third-order valence-corrected chi connectivity index (χ3v) is 9.55. The molecule has 0 aliphatic carbocycles. The van der Waals surface area contributed by atoms with E-state index in [1.165, 1.54) is 70.6 Å². The van der Waals surface area contributed by atoms with Crippen LogP contribution >= 0.6 is 0 Å². The summed E-state index contributed by atoms with van der Waals surface area (Å²) in [7, 11) is 0. The van der Waals surface area contributed by atoms with Gasteiger partial charge >= 0.3 is 0 Å². The predicted molar refractivity (Wildman–Crippen MR) is 216 cm³/mol. The van der Waals surface area contributed by atoms with Crippen LogP contribution in [-0.2, 0) is 14.3 Å². The molecule has 0 aromatic heterocycles. The van der Waals surface area contributed by atoms with Crippen LogP contribution < -0.4 is 5.32 Å². The maximum atomic E-state index is 12.9. The molecule has 1 heterocycles. The van der Waals surface area contributed by atoms with Crippen LogP contribution in [0.2, 0.25) is 0 Å². The van der Waals surface area contributed by atoms with E-state index < -0.39 is 49.5 Å². The molecule has 1 aliphatic heterocycles. The summed E-state index contributed by atoms with van der Waals surface area (Å²) in [5.41, 5.74) is 0. The molecule has 7 atom stereocenters. The molecule has 53 heavy (non-hydrogen) atoms. The average Bonchev–Trinajstić information content (AvgIpc) is 3.16. The molecule has 1 aliphatic rings. The van der Waals surface area contributed by atoms with Crippen molar-refractivity contribution in [2.75, 3.05) is 13.2 Å². The molecule has 7 unspecified atom stereocenters. The second-order valence-electron chi connectivity index (χ2n) is 14.4. The second-order valence-corrected chi connectivity index (χ2v) is 14.4. The Kier molecular flexibility index (Phi) is 31.7. The summed E-state index contributed by atoms with van der Waals surface area (Å²) in [6, 6.07) is -0.829. The smallest absolute Gasteiger partial charge is 0.220 e. The normalized spacial score (nSPS) is 22.3. The van der Waals surface area contributed by atoms with Gasteiger partial charge in [0, 0.05) is 6.42 Å². The molecule has 6 N–H and O–H groups in total. The highest BCUT2D eigenvalue weighted by molar-refractivity contribution is 5.76. The lowest BCUT2D eigenvalue weighted by atomic mass is 9.99. The molecule has 9 heteroatoms. The lowest BCUT2D eigenvalue weighted by molar-refractivity contribution is -0.302. The van der Waals surface area contributed by atoms with Gasteiger partial charge in [-0.05, 0) is 64.2 Å². The molecule has 0 aromatic rings. The standard InChI is InChI=1S/C44H77NO8/c1-3-5-7-9-11-13-15-16-17-18-19-20-21-22-24-26-28-30-32-34-40(48)45-37(36-52-44-43(51)42(50)41(49)39(35-46)53-44)38(47)33-31-29-27-25-23-14-12-10-8-6-4-2/h8,10-11,13,15-16,23,25,31,33,37-39,41-44,46-47,49-51H,3-7,9,12,14,17-22,24,26-30,32,34-36H2,1-2H3,(H,45,48)/b10-8+,13-11-,16-15-,25-23+,33-31+. The van der Waals surface area contributed by atoms with Crippen molar-refractivity contribution in [3.05, 3.63) is 60.8 Å². The van der Waals surface area contributed by atoms with Gasteiger partial charge in [0.25, 0.3) is 0 Å². The Labute approximate surface area is 322 Å². The summed E-state index contributed by atoms with van der Waals surface area (Å²) in [4.78, 5) is 12.9. The average molecular weight is 748 g/mol. The molecule has 1 amide bonds. The van der Waals surface area contributed by atoms with Gasteiger partial charge in [-0.3, -0.25) is 4.79 Å². The Hall–Kier alpha value is -2.11. The molecule has 0 aromatic carbocycles. The molecule has 0 radical (unpaired) electrons. The minimum atomic E-state index is -1.57. The lowest BCUT2D eigenvalue weighted by Gasteiger charge is -2.40. The SMILES string of the molecule is CCC/C=C/CC/C=C/CC/C=C/C(O)C(COC1OC(CO)C(O)C(O)C1O)NC(=O)CCCCCCCCCCCC/C=C\C=C/CCCCC. The fraction of sp³-hybridized carbons (Fsp3) is 0.750. The van der Waals surface area contributed by atoms with E-state index in [0.29, 0.717) is 6.42 Å². The zero-order valence-electron chi connectivity index (χ0n) is 33.2. The first-order valence-electron chi connectivity index (χ1n) is 21.0. The van der Waals surface area contributed by atoms with Crippen LogP contribution in [0.25, 0.3) is 0 Å². The summed E-state index contributed by atoms with van der Waals surface area (Å²) >= 11 is 0. The van der Waals surface area contributed by atoms with E-state index in [1.807, 2.05) is 6.08 Å². The molecular formula is C44H77NO8. The summed E-state index contributed by atoms with van der Waals surface area (Å²) in [6.07, 6.45) is 36.9. The number of rotatable bonds is 33. The molecule has 1 saturated heterocycles. The summed E-state index contributed by atoms with van der Waals surface area (Å²) in [5.74, 6) is -0.200. The maximum absolute atomic E-state index is 12.9. The lowest BCUT2D eigenvalue weighted by Crippen LogP contribution is -2.60. The van der Waals surface area contributed by atoms with Crippen LogP contribution in [0, 0.1) is 0 Å². The Balaban J connectivity index is 2.38. The molecule has 0 spiro atoms. The highest BCUT2D eigenvalue weighted by Crippen LogP contribution is 2.22. The van der Waals surface area contributed by atoms with E-state index in [0.717, 1.165) is 64.2 Å². The Morgan fingerprint density at radius 2 is 1.17 bits per heavy atom. The first kappa shape index (κ1) is 48.9.